The van der Waals surface area contributed by atoms with Crippen LogP contribution in [0.1, 0.15) is 18.4 Å². The topological polar surface area (TPSA) is 55.1 Å². The van der Waals surface area contributed by atoms with Gasteiger partial charge in [0.1, 0.15) is 0 Å². The maximum absolute atomic E-state index is 12.0. The van der Waals surface area contributed by atoms with Gasteiger partial charge in [0.05, 0.1) is 10.4 Å². The molecule has 0 saturated heterocycles. The fraction of sp³-hybridized carbons (Fsp3) is 0.333. The third-order valence-corrected chi connectivity index (χ3v) is 3.88. The Morgan fingerprint density at radius 1 is 1.53 bits per heavy atom. The van der Waals surface area contributed by atoms with Crippen LogP contribution in [0.2, 0.25) is 5.02 Å². The second-order valence-corrected chi connectivity index (χ2v) is 5.21. The van der Waals surface area contributed by atoms with Gasteiger partial charge in [-0.2, -0.15) is 0 Å². The van der Waals surface area contributed by atoms with Crippen LogP contribution in [0.5, 0.6) is 0 Å². The van der Waals surface area contributed by atoms with Gasteiger partial charge in [0.15, 0.2) is 0 Å². The molecule has 0 bridgehead atoms. The molecular weight excluding hydrogens is 256 g/mol. The summed E-state index contributed by atoms with van der Waals surface area (Å²) in [6.45, 7) is 1.91. The lowest BCUT2D eigenvalue weighted by Gasteiger charge is -2.14. The van der Waals surface area contributed by atoms with Crippen LogP contribution in [0.4, 0.5) is 5.69 Å². The number of aryl methyl sites for hydroxylation is 1. The lowest BCUT2D eigenvalue weighted by Crippen LogP contribution is -2.34. The zero-order chi connectivity index (χ0) is 12.6. The number of benzene rings is 1. The summed E-state index contributed by atoms with van der Waals surface area (Å²) in [5.74, 6) is -0.134. The quantitative estimate of drug-likeness (QED) is 0.829. The largest absolute Gasteiger partial charge is 0.392 e. The first-order valence-corrected chi connectivity index (χ1v) is 6.12. The van der Waals surface area contributed by atoms with Crippen LogP contribution in [0, 0.1) is 12.3 Å². The predicted molar refractivity (Wildman–Crippen MR) is 73.3 cm³/mol. The highest BCUT2D eigenvalue weighted by molar-refractivity contribution is 7.80. The van der Waals surface area contributed by atoms with Gasteiger partial charge in [-0.1, -0.05) is 29.9 Å². The maximum atomic E-state index is 12.0. The molecule has 0 aromatic heterocycles. The van der Waals surface area contributed by atoms with Crippen LogP contribution < -0.4 is 11.1 Å². The van der Waals surface area contributed by atoms with Gasteiger partial charge in [0, 0.05) is 10.7 Å². The number of carbonyl (C=O) groups is 1. The Kier molecular flexibility index (Phi) is 3.10. The predicted octanol–water partition coefficient (Wildman–Crippen LogP) is 2.65. The van der Waals surface area contributed by atoms with Gasteiger partial charge in [-0.05, 0) is 37.5 Å². The number of thiocarbonyl (C=S) groups is 1. The third-order valence-electron chi connectivity index (χ3n) is 3.09. The lowest BCUT2D eigenvalue weighted by atomic mass is 10.1. The molecule has 0 aliphatic heterocycles. The number of hydrogen-bond acceptors (Lipinski definition) is 2. The maximum Gasteiger partial charge on any atom is 0.237 e. The molecule has 90 valence electrons. The highest BCUT2D eigenvalue weighted by Gasteiger charge is 2.52. The van der Waals surface area contributed by atoms with E-state index in [9.17, 15) is 4.79 Å². The second kappa shape index (κ2) is 4.27. The van der Waals surface area contributed by atoms with E-state index in [1.807, 2.05) is 19.1 Å². The number of anilines is 1. The molecule has 1 aliphatic rings. The first-order chi connectivity index (χ1) is 7.95. The average Bonchev–Trinajstić information content (AvgIpc) is 3.04. The van der Waals surface area contributed by atoms with Crippen molar-refractivity contribution in [3.63, 3.8) is 0 Å². The highest BCUT2D eigenvalue weighted by atomic mass is 35.5. The molecule has 1 saturated carbocycles. The van der Waals surface area contributed by atoms with Crippen molar-refractivity contribution >= 4 is 40.4 Å². The van der Waals surface area contributed by atoms with Crippen molar-refractivity contribution < 1.29 is 4.79 Å². The summed E-state index contributed by atoms with van der Waals surface area (Å²) in [6.07, 6.45) is 1.46. The minimum absolute atomic E-state index is 0.134. The summed E-state index contributed by atoms with van der Waals surface area (Å²) in [6, 6.07) is 5.40. The van der Waals surface area contributed by atoms with E-state index in [1.54, 1.807) is 6.07 Å². The molecule has 1 fully saturated rings. The number of halogens is 1. The Hall–Kier alpha value is -1.13. The minimum Gasteiger partial charge on any atom is -0.392 e. The number of carbonyl (C=O) groups excluding carboxylic acids is 1. The monoisotopic (exact) mass is 268 g/mol. The van der Waals surface area contributed by atoms with Crippen molar-refractivity contribution in [1.29, 1.82) is 0 Å². The molecule has 3 nitrogen and oxygen atoms in total. The number of nitrogens with two attached hydrogens (primary N) is 1. The first kappa shape index (κ1) is 12.3. The van der Waals surface area contributed by atoms with E-state index in [-0.39, 0.29) is 10.9 Å². The molecule has 5 heteroatoms. The second-order valence-electron chi connectivity index (χ2n) is 4.36. The first-order valence-electron chi connectivity index (χ1n) is 5.33. The van der Waals surface area contributed by atoms with Crippen LogP contribution in [-0.2, 0) is 4.79 Å². The normalized spacial score (nSPS) is 16.4. The molecule has 1 aromatic carbocycles. The van der Waals surface area contributed by atoms with E-state index < -0.39 is 5.41 Å². The van der Waals surface area contributed by atoms with Gasteiger partial charge in [-0.3, -0.25) is 4.79 Å². The molecule has 0 heterocycles. The Morgan fingerprint density at radius 3 is 2.65 bits per heavy atom. The van der Waals surface area contributed by atoms with E-state index in [1.165, 1.54) is 0 Å². The van der Waals surface area contributed by atoms with Crippen molar-refractivity contribution in [3.8, 4) is 0 Å². The molecule has 3 N–H and O–H groups in total. The molecule has 0 spiro atoms. The summed E-state index contributed by atoms with van der Waals surface area (Å²) in [7, 11) is 0. The molecule has 1 amide bonds. The Bertz CT molecular complexity index is 497. The number of amides is 1. The average molecular weight is 269 g/mol. The molecule has 17 heavy (non-hydrogen) atoms. The summed E-state index contributed by atoms with van der Waals surface area (Å²) in [5, 5.41) is 3.43. The minimum atomic E-state index is -0.632. The molecule has 1 aromatic rings. The van der Waals surface area contributed by atoms with Crippen LogP contribution in [0.15, 0.2) is 18.2 Å². The molecular formula is C12H13ClN2OS. The molecule has 0 unspecified atom stereocenters. The smallest absolute Gasteiger partial charge is 0.237 e. The SMILES string of the molecule is Cc1ccc(NC(=O)C2(C(N)=S)CC2)cc1Cl. The highest BCUT2D eigenvalue weighted by Crippen LogP contribution is 2.46. The van der Waals surface area contributed by atoms with Crippen molar-refractivity contribution in [2.24, 2.45) is 11.1 Å². The fourth-order valence-electron chi connectivity index (χ4n) is 1.63. The van der Waals surface area contributed by atoms with Crippen LogP contribution in [0.25, 0.3) is 0 Å². The van der Waals surface area contributed by atoms with Gasteiger partial charge in [0.25, 0.3) is 0 Å². The molecule has 0 radical (unpaired) electrons. The van der Waals surface area contributed by atoms with E-state index in [2.05, 4.69) is 5.32 Å². The summed E-state index contributed by atoms with van der Waals surface area (Å²) in [5.41, 5.74) is 6.60. The van der Waals surface area contributed by atoms with E-state index in [4.69, 9.17) is 29.6 Å². The fourth-order valence-corrected chi connectivity index (χ4v) is 2.11. The van der Waals surface area contributed by atoms with Crippen molar-refractivity contribution in [2.75, 3.05) is 5.32 Å². The van der Waals surface area contributed by atoms with Crippen molar-refractivity contribution in [2.45, 2.75) is 19.8 Å². The van der Waals surface area contributed by atoms with Gasteiger partial charge < -0.3 is 11.1 Å². The van der Waals surface area contributed by atoms with E-state index >= 15 is 0 Å². The zero-order valence-electron chi connectivity index (χ0n) is 9.42. The molecule has 2 rings (SSSR count). The van der Waals surface area contributed by atoms with E-state index in [0.29, 0.717) is 10.7 Å². The van der Waals surface area contributed by atoms with Gasteiger partial charge >= 0.3 is 0 Å². The van der Waals surface area contributed by atoms with E-state index in [0.717, 1.165) is 18.4 Å². The Balaban J connectivity index is 2.14. The van der Waals surface area contributed by atoms with Gasteiger partial charge in [0.2, 0.25) is 5.91 Å². The van der Waals surface area contributed by atoms with Gasteiger partial charge in [-0.15, -0.1) is 0 Å². The summed E-state index contributed by atoms with van der Waals surface area (Å²) in [4.78, 5) is 12.3. The zero-order valence-corrected chi connectivity index (χ0v) is 11.0. The third kappa shape index (κ3) is 2.28. The van der Waals surface area contributed by atoms with Crippen molar-refractivity contribution in [1.82, 2.24) is 0 Å². The number of nitrogens with one attached hydrogen (secondary N) is 1. The van der Waals surface area contributed by atoms with Crippen molar-refractivity contribution in [3.05, 3.63) is 28.8 Å². The Labute approximate surface area is 110 Å². The van der Waals surface area contributed by atoms with Crippen LogP contribution >= 0.6 is 23.8 Å². The van der Waals surface area contributed by atoms with Gasteiger partial charge in [-0.25, -0.2) is 0 Å². The number of rotatable bonds is 3. The lowest BCUT2D eigenvalue weighted by molar-refractivity contribution is -0.118. The standard InChI is InChI=1S/C12H13ClN2OS/c1-7-2-3-8(6-9(7)13)15-11(16)12(4-5-12)10(14)17/h2-3,6H,4-5H2,1H3,(H2,14,17)(H,15,16). The Morgan fingerprint density at radius 2 is 2.18 bits per heavy atom. The van der Waals surface area contributed by atoms with Crippen LogP contribution in [-0.4, -0.2) is 10.9 Å². The molecule has 1 aliphatic carbocycles. The molecule has 0 atom stereocenters. The summed E-state index contributed by atoms with van der Waals surface area (Å²) >= 11 is 10.9. The number of hydrogen-bond donors (Lipinski definition) is 2. The summed E-state index contributed by atoms with van der Waals surface area (Å²) < 4.78 is 0. The van der Waals surface area contributed by atoms with Crippen LogP contribution in [0.3, 0.4) is 0 Å².